The smallest absolute Gasteiger partial charge is 0.268 e. The van der Waals surface area contributed by atoms with Crippen LogP contribution in [0.4, 0.5) is 11.4 Å². The molecule has 0 radical (unpaired) electrons. The predicted molar refractivity (Wildman–Crippen MR) is 131 cm³/mol. The Balaban J connectivity index is 1.44. The first-order valence-corrected chi connectivity index (χ1v) is 11.4. The van der Waals surface area contributed by atoms with Gasteiger partial charge in [0.05, 0.1) is 11.4 Å². The lowest BCUT2D eigenvalue weighted by Gasteiger charge is -2.32. The van der Waals surface area contributed by atoms with Crippen LogP contribution in [0.25, 0.3) is 21.8 Å². The van der Waals surface area contributed by atoms with Gasteiger partial charge in [-0.2, -0.15) is 0 Å². The highest BCUT2D eigenvalue weighted by molar-refractivity contribution is 7.13. The molecule has 1 aliphatic heterocycles. The largest absolute Gasteiger partial charge is 0.479 e. The molecule has 2 amide bonds. The number of hydrogen-bond donors (Lipinski definition) is 1. The topological polar surface area (TPSA) is 71.5 Å². The molecule has 4 aromatic rings. The molecular weight excluding hydrogens is 434 g/mol. The first-order chi connectivity index (χ1) is 16.1. The summed E-state index contributed by atoms with van der Waals surface area (Å²) in [6, 6.07) is 24.8. The minimum absolute atomic E-state index is 0.107. The molecular formula is C26H21N3O3S. The van der Waals surface area contributed by atoms with Gasteiger partial charge in [-0.1, -0.05) is 48.5 Å². The lowest BCUT2D eigenvalue weighted by atomic mass is 10.1. The standard InChI is InChI=1S/C26H21N3O3S/c1-17-26(31)29(15-24(30)27-20-10-6-3-7-11-20)22-14-19(12-13-23(22)32-17)21-16-33-25(28-21)18-8-4-2-5-9-18/h2-14,16-17H,15H2,1H3,(H,27,30). The van der Waals surface area contributed by atoms with E-state index < -0.39 is 6.10 Å². The van der Waals surface area contributed by atoms with E-state index in [0.717, 1.165) is 21.8 Å². The fraction of sp³-hybridized carbons (Fsp3) is 0.115. The van der Waals surface area contributed by atoms with Crippen molar-refractivity contribution in [3.05, 3.63) is 84.2 Å². The van der Waals surface area contributed by atoms with Gasteiger partial charge in [0.1, 0.15) is 17.3 Å². The van der Waals surface area contributed by atoms with Crippen LogP contribution in [-0.4, -0.2) is 29.4 Å². The Labute approximate surface area is 195 Å². The maximum absolute atomic E-state index is 12.9. The van der Waals surface area contributed by atoms with Crippen molar-refractivity contribution in [3.8, 4) is 27.6 Å². The summed E-state index contributed by atoms with van der Waals surface area (Å²) in [6.45, 7) is 1.58. The third kappa shape index (κ3) is 4.36. The number of amides is 2. The summed E-state index contributed by atoms with van der Waals surface area (Å²) >= 11 is 1.56. The Morgan fingerprint density at radius 1 is 1.03 bits per heavy atom. The van der Waals surface area contributed by atoms with Crippen molar-refractivity contribution in [3.63, 3.8) is 0 Å². The van der Waals surface area contributed by atoms with E-state index in [0.29, 0.717) is 17.1 Å². The summed E-state index contributed by atoms with van der Waals surface area (Å²) in [5.41, 5.74) is 3.96. The minimum atomic E-state index is -0.670. The van der Waals surface area contributed by atoms with E-state index in [9.17, 15) is 9.59 Å². The minimum Gasteiger partial charge on any atom is -0.479 e. The molecule has 0 bridgehead atoms. The molecule has 3 aromatic carbocycles. The number of aromatic nitrogens is 1. The number of thiazole rings is 1. The van der Waals surface area contributed by atoms with Crippen molar-refractivity contribution in [1.29, 1.82) is 0 Å². The third-order valence-corrected chi connectivity index (χ3v) is 6.24. The number of rotatable bonds is 5. The summed E-state index contributed by atoms with van der Waals surface area (Å²) < 4.78 is 5.80. The number of ether oxygens (including phenoxy) is 1. The van der Waals surface area contributed by atoms with Crippen molar-refractivity contribution >= 4 is 34.5 Å². The Bertz CT molecular complexity index is 1300. The maximum Gasteiger partial charge on any atom is 0.268 e. The maximum atomic E-state index is 12.9. The van der Waals surface area contributed by atoms with Crippen LogP contribution in [0, 0.1) is 0 Å². The average Bonchev–Trinajstić information content (AvgIpc) is 3.33. The first-order valence-electron chi connectivity index (χ1n) is 10.6. The van der Waals surface area contributed by atoms with E-state index >= 15 is 0 Å². The molecule has 0 saturated carbocycles. The van der Waals surface area contributed by atoms with Gasteiger partial charge >= 0.3 is 0 Å². The summed E-state index contributed by atoms with van der Waals surface area (Å²) in [5, 5.41) is 5.75. The van der Waals surface area contributed by atoms with Crippen LogP contribution in [0.5, 0.6) is 5.75 Å². The van der Waals surface area contributed by atoms with Crippen molar-refractivity contribution in [2.24, 2.45) is 0 Å². The number of carbonyl (C=O) groups excluding carboxylic acids is 2. The molecule has 6 nitrogen and oxygen atoms in total. The third-order valence-electron chi connectivity index (χ3n) is 5.35. The molecule has 0 fully saturated rings. The molecule has 1 unspecified atom stereocenters. The molecule has 0 saturated heterocycles. The van der Waals surface area contributed by atoms with Crippen LogP contribution < -0.4 is 15.0 Å². The summed E-state index contributed by atoms with van der Waals surface area (Å²) in [6.07, 6.45) is -0.670. The van der Waals surface area contributed by atoms with E-state index in [4.69, 9.17) is 9.72 Å². The van der Waals surface area contributed by atoms with Crippen molar-refractivity contribution in [2.45, 2.75) is 13.0 Å². The molecule has 1 aromatic heterocycles. The number of para-hydroxylation sites is 1. The van der Waals surface area contributed by atoms with E-state index in [2.05, 4.69) is 5.32 Å². The van der Waals surface area contributed by atoms with Crippen molar-refractivity contribution in [2.75, 3.05) is 16.8 Å². The molecule has 7 heteroatoms. The van der Waals surface area contributed by atoms with E-state index in [1.165, 1.54) is 4.90 Å². The van der Waals surface area contributed by atoms with Crippen LogP contribution in [0.1, 0.15) is 6.92 Å². The highest BCUT2D eigenvalue weighted by atomic mass is 32.1. The second-order valence-electron chi connectivity index (χ2n) is 7.69. The number of hydrogen-bond acceptors (Lipinski definition) is 5. The summed E-state index contributed by atoms with van der Waals surface area (Å²) in [7, 11) is 0. The monoisotopic (exact) mass is 455 g/mol. The lowest BCUT2D eigenvalue weighted by Crippen LogP contribution is -2.47. The Morgan fingerprint density at radius 3 is 2.52 bits per heavy atom. The van der Waals surface area contributed by atoms with Gasteiger partial charge in [0.2, 0.25) is 5.91 Å². The number of benzene rings is 3. The average molecular weight is 456 g/mol. The van der Waals surface area contributed by atoms with Gasteiger partial charge in [-0.05, 0) is 37.3 Å². The molecule has 1 N–H and O–H groups in total. The number of carbonyl (C=O) groups is 2. The summed E-state index contributed by atoms with van der Waals surface area (Å²) in [5.74, 6) is 0.0306. The SMILES string of the molecule is CC1Oc2ccc(-c3csc(-c4ccccc4)n3)cc2N(CC(=O)Nc2ccccc2)C1=O. The second-order valence-corrected chi connectivity index (χ2v) is 8.54. The van der Waals surface area contributed by atoms with Gasteiger partial charge < -0.3 is 10.1 Å². The van der Waals surface area contributed by atoms with E-state index in [-0.39, 0.29) is 18.4 Å². The highest BCUT2D eigenvalue weighted by Gasteiger charge is 2.33. The highest BCUT2D eigenvalue weighted by Crippen LogP contribution is 2.38. The lowest BCUT2D eigenvalue weighted by molar-refractivity contribution is -0.127. The molecule has 33 heavy (non-hydrogen) atoms. The molecule has 1 aliphatic rings. The normalized spacial score (nSPS) is 15.0. The number of nitrogens with zero attached hydrogens (tertiary/aromatic N) is 2. The van der Waals surface area contributed by atoms with Gasteiger partial charge in [0.25, 0.3) is 5.91 Å². The Morgan fingerprint density at radius 2 is 1.76 bits per heavy atom. The molecule has 0 aliphatic carbocycles. The van der Waals surface area contributed by atoms with E-state index in [1.807, 2.05) is 72.1 Å². The zero-order valence-corrected chi connectivity index (χ0v) is 18.7. The van der Waals surface area contributed by atoms with Crippen LogP contribution in [0.2, 0.25) is 0 Å². The zero-order valence-electron chi connectivity index (χ0n) is 17.9. The number of fused-ring (bicyclic) bond motifs is 1. The Hall–Kier alpha value is -3.97. The molecule has 5 rings (SSSR count). The predicted octanol–water partition coefficient (Wildman–Crippen LogP) is 5.23. The molecule has 164 valence electrons. The first kappa shape index (κ1) is 20.9. The fourth-order valence-electron chi connectivity index (χ4n) is 3.71. The van der Waals surface area contributed by atoms with Gasteiger partial charge in [-0.3, -0.25) is 14.5 Å². The van der Waals surface area contributed by atoms with Crippen LogP contribution in [0.15, 0.2) is 84.2 Å². The second kappa shape index (κ2) is 8.88. The van der Waals surface area contributed by atoms with Gasteiger partial charge in [0.15, 0.2) is 6.10 Å². The quantitative estimate of drug-likeness (QED) is 0.447. The van der Waals surface area contributed by atoms with Crippen LogP contribution in [-0.2, 0) is 9.59 Å². The molecule has 0 spiro atoms. The molecule has 2 heterocycles. The zero-order chi connectivity index (χ0) is 22.8. The number of anilines is 2. The van der Waals surface area contributed by atoms with Gasteiger partial charge in [-0.25, -0.2) is 4.98 Å². The Kier molecular flexibility index (Phi) is 5.62. The van der Waals surface area contributed by atoms with E-state index in [1.54, 1.807) is 30.4 Å². The number of nitrogens with one attached hydrogen (secondary N) is 1. The van der Waals surface area contributed by atoms with Crippen LogP contribution in [0.3, 0.4) is 0 Å². The molecule has 1 atom stereocenters. The summed E-state index contributed by atoms with van der Waals surface area (Å²) in [4.78, 5) is 31.9. The van der Waals surface area contributed by atoms with Gasteiger partial charge in [0, 0.05) is 22.2 Å². The fourth-order valence-corrected chi connectivity index (χ4v) is 4.55. The van der Waals surface area contributed by atoms with Crippen molar-refractivity contribution < 1.29 is 14.3 Å². The van der Waals surface area contributed by atoms with Crippen molar-refractivity contribution in [1.82, 2.24) is 4.98 Å². The van der Waals surface area contributed by atoms with Crippen LogP contribution >= 0.6 is 11.3 Å². The van der Waals surface area contributed by atoms with Gasteiger partial charge in [-0.15, -0.1) is 11.3 Å².